The van der Waals surface area contributed by atoms with Crippen LogP contribution < -0.4 is 26.6 Å². The third kappa shape index (κ3) is 12.5. The van der Waals surface area contributed by atoms with Crippen LogP contribution in [0.25, 0.3) is 21.5 Å². The Morgan fingerprint density at radius 2 is 1.32 bits per heavy atom. The van der Waals surface area contributed by atoms with E-state index in [1.165, 1.54) is 0 Å². The number of aliphatic hydroxyl groups is 1. The zero-order valence-electron chi connectivity index (χ0n) is 31.8. The van der Waals surface area contributed by atoms with Gasteiger partial charge in [0.2, 0.25) is 17.7 Å². The molecule has 53 heavy (non-hydrogen) atoms. The van der Waals surface area contributed by atoms with Gasteiger partial charge in [-0.2, -0.15) is 0 Å². The van der Waals surface area contributed by atoms with E-state index in [0.717, 1.165) is 39.1 Å². The number of thiocarbonyl (C=S) groups is 1. The fourth-order valence-corrected chi connectivity index (χ4v) is 6.75. The predicted molar refractivity (Wildman–Crippen MR) is 219 cm³/mol. The van der Waals surface area contributed by atoms with Crippen molar-refractivity contribution in [1.29, 1.82) is 0 Å². The first kappa shape index (κ1) is 41.2. The Labute approximate surface area is 320 Å². The highest BCUT2D eigenvalue weighted by atomic mass is 32.1. The zero-order valence-corrected chi connectivity index (χ0v) is 32.6. The van der Waals surface area contributed by atoms with E-state index in [1.807, 2.05) is 50.2 Å². The first-order chi connectivity index (χ1) is 25.5. The van der Waals surface area contributed by atoms with Gasteiger partial charge in [-0.05, 0) is 82.4 Å². The molecule has 0 saturated heterocycles. The molecule has 0 aliphatic heterocycles. The number of hydrogen-bond donors (Lipinski definition) is 6. The Balaban J connectivity index is 1.61. The second-order valence-corrected chi connectivity index (χ2v) is 15.0. The highest BCUT2D eigenvalue weighted by Gasteiger charge is 2.31. The molecule has 0 aromatic heterocycles. The van der Waals surface area contributed by atoms with Crippen molar-refractivity contribution in [3.05, 3.63) is 96.1 Å². The lowest BCUT2D eigenvalue weighted by Crippen LogP contribution is -2.55. The predicted octanol–water partition coefficient (Wildman–Crippen LogP) is 5.81. The summed E-state index contributed by atoms with van der Waals surface area (Å²) < 4.78 is 0. The molecule has 3 amide bonds. The van der Waals surface area contributed by atoms with Gasteiger partial charge in [0.15, 0.2) is 5.11 Å². The number of aliphatic hydroxyl groups excluding tert-OH is 1. The molecule has 0 saturated carbocycles. The molecule has 284 valence electrons. The molecule has 0 fully saturated rings. The van der Waals surface area contributed by atoms with Crippen molar-refractivity contribution in [3.8, 4) is 0 Å². The number of benzene rings is 4. The smallest absolute Gasteiger partial charge is 0.242 e. The number of nitrogens with one attached hydrogen (secondary N) is 5. The lowest BCUT2D eigenvalue weighted by Gasteiger charge is -2.29. The highest BCUT2D eigenvalue weighted by molar-refractivity contribution is 7.80. The monoisotopic (exact) mass is 739 g/mol. The number of carbonyl (C=O) groups excluding carboxylic acids is 3. The molecule has 6 N–H and O–H groups in total. The van der Waals surface area contributed by atoms with Gasteiger partial charge in [0.1, 0.15) is 6.04 Å². The Bertz CT molecular complexity index is 1740. The molecule has 4 rings (SSSR count). The van der Waals surface area contributed by atoms with Crippen molar-refractivity contribution >= 4 is 56.6 Å². The topological polar surface area (TPSA) is 132 Å². The summed E-state index contributed by atoms with van der Waals surface area (Å²) in [6.07, 6.45) is 1.32. The molecule has 9 nitrogen and oxygen atoms in total. The molecule has 0 spiro atoms. The van der Waals surface area contributed by atoms with E-state index in [4.69, 9.17) is 12.2 Å². The minimum Gasteiger partial charge on any atom is -0.390 e. The average Bonchev–Trinajstić information content (AvgIpc) is 3.15. The number of rotatable bonds is 19. The molecule has 10 heteroatoms. The van der Waals surface area contributed by atoms with Crippen LogP contribution in [0.15, 0.2) is 84.9 Å². The van der Waals surface area contributed by atoms with E-state index < -0.39 is 30.0 Å². The van der Waals surface area contributed by atoms with Crippen LogP contribution in [0.3, 0.4) is 0 Å². The van der Waals surface area contributed by atoms with Gasteiger partial charge >= 0.3 is 0 Å². The van der Waals surface area contributed by atoms with E-state index in [1.54, 1.807) is 7.05 Å². The second kappa shape index (κ2) is 20.6. The van der Waals surface area contributed by atoms with Crippen molar-refractivity contribution in [1.82, 2.24) is 26.6 Å². The molecule has 0 aliphatic carbocycles. The summed E-state index contributed by atoms with van der Waals surface area (Å²) in [5.74, 6) is -0.978. The van der Waals surface area contributed by atoms with E-state index >= 15 is 0 Å². The molecule has 4 atom stereocenters. The van der Waals surface area contributed by atoms with Gasteiger partial charge in [-0.1, -0.05) is 119 Å². The second-order valence-electron chi connectivity index (χ2n) is 14.6. The van der Waals surface area contributed by atoms with Crippen LogP contribution in [-0.4, -0.2) is 66.3 Å². The minimum absolute atomic E-state index is 0.131. The van der Waals surface area contributed by atoms with E-state index in [0.29, 0.717) is 43.4 Å². The van der Waals surface area contributed by atoms with E-state index in [2.05, 4.69) is 89.0 Å². The summed E-state index contributed by atoms with van der Waals surface area (Å²) >= 11 is 5.28. The molecule has 4 aromatic carbocycles. The zero-order chi connectivity index (χ0) is 38.3. The maximum atomic E-state index is 14.5. The summed E-state index contributed by atoms with van der Waals surface area (Å²) in [4.78, 5) is 41.4. The Kier molecular flexibility index (Phi) is 16.0. The van der Waals surface area contributed by atoms with Gasteiger partial charge in [0.05, 0.1) is 18.6 Å². The van der Waals surface area contributed by atoms with E-state index in [-0.39, 0.29) is 30.6 Å². The first-order valence-corrected chi connectivity index (χ1v) is 19.3. The van der Waals surface area contributed by atoms with Crippen LogP contribution in [-0.2, 0) is 27.2 Å². The van der Waals surface area contributed by atoms with Crippen LogP contribution in [0.5, 0.6) is 0 Å². The summed E-state index contributed by atoms with van der Waals surface area (Å²) in [7, 11) is 1.71. The first-order valence-electron chi connectivity index (χ1n) is 18.9. The summed E-state index contributed by atoms with van der Waals surface area (Å²) in [6, 6.07) is 27.0. The third-order valence-electron chi connectivity index (χ3n) is 9.90. The van der Waals surface area contributed by atoms with E-state index in [9.17, 15) is 19.5 Å². The minimum atomic E-state index is -1.10. The molecule has 4 aromatic rings. The molecular weight excluding hydrogens is 683 g/mol. The van der Waals surface area contributed by atoms with Gasteiger partial charge in [-0.25, -0.2) is 0 Å². The summed E-state index contributed by atoms with van der Waals surface area (Å²) in [6.45, 7) is 8.97. The summed E-state index contributed by atoms with van der Waals surface area (Å²) in [5.41, 5.74) is 2.11. The number of amides is 3. The Morgan fingerprint density at radius 1 is 0.755 bits per heavy atom. The standard InChI is InChI=1S/C43H57N5O4S/c1-6-29(4)27-46-40(50)26-39(49)38(23-28(2)3)48-42(52)37(21-22-45-43(53)44-5)47-41(51)34(24-32-17-11-15-30-13-7-9-19-35(30)32)25-33-18-12-16-31-14-8-10-20-36(31)33/h7-20,28-29,34,37-39,49H,6,21-27H2,1-5H3,(H,46,50)(H,47,51)(H,48,52)(H2,44,45,53)/t29?,37?,38?,39-/m0/s1. The Morgan fingerprint density at radius 3 is 1.87 bits per heavy atom. The third-order valence-corrected chi connectivity index (χ3v) is 10.2. The van der Waals surface area contributed by atoms with Crippen molar-refractivity contribution in [2.45, 2.75) is 84.4 Å². The fourth-order valence-electron chi connectivity index (χ4n) is 6.65. The van der Waals surface area contributed by atoms with Gasteiger partial charge in [0.25, 0.3) is 0 Å². The van der Waals surface area contributed by atoms with Crippen LogP contribution >= 0.6 is 12.2 Å². The number of hydrogen-bond acceptors (Lipinski definition) is 5. The fraction of sp³-hybridized carbons (Fsp3) is 0.442. The molecule has 0 aliphatic rings. The van der Waals surface area contributed by atoms with Crippen molar-refractivity contribution in [2.24, 2.45) is 17.8 Å². The molecule has 0 bridgehead atoms. The van der Waals surface area contributed by atoms with Gasteiger partial charge in [-0.3, -0.25) is 14.4 Å². The van der Waals surface area contributed by atoms with Gasteiger partial charge < -0.3 is 31.7 Å². The molecule has 3 unspecified atom stereocenters. The van der Waals surface area contributed by atoms with Crippen molar-refractivity contribution in [2.75, 3.05) is 20.1 Å². The SMILES string of the molecule is CCC(C)CNC(=O)C[C@H](O)C(CC(C)C)NC(=O)C(CCNC(=S)NC)NC(=O)C(Cc1cccc2ccccc12)Cc1cccc2ccccc12. The maximum absolute atomic E-state index is 14.5. The molecule has 0 radical (unpaired) electrons. The lowest BCUT2D eigenvalue weighted by molar-refractivity contribution is -0.132. The van der Waals surface area contributed by atoms with Crippen molar-refractivity contribution < 1.29 is 19.5 Å². The molecule has 0 heterocycles. The molecular formula is C43H57N5O4S. The highest BCUT2D eigenvalue weighted by Crippen LogP contribution is 2.26. The Hall–Kier alpha value is -4.54. The van der Waals surface area contributed by atoms with Crippen LogP contribution in [0.4, 0.5) is 0 Å². The lowest BCUT2D eigenvalue weighted by atomic mass is 9.87. The van der Waals surface area contributed by atoms with Gasteiger partial charge in [-0.15, -0.1) is 0 Å². The van der Waals surface area contributed by atoms with Crippen LogP contribution in [0.1, 0.15) is 64.5 Å². The van der Waals surface area contributed by atoms with Crippen LogP contribution in [0, 0.1) is 17.8 Å². The largest absolute Gasteiger partial charge is 0.390 e. The number of fused-ring (bicyclic) bond motifs is 2. The summed E-state index contributed by atoms with van der Waals surface area (Å²) in [5, 5.41) is 31.0. The quantitative estimate of drug-likeness (QED) is 0.0670. The van der Waals surface area contributed by atoms with Crippen molar-refractivity contribution in [3.63, 3.8) is 0 Å². The maximum Gasteiger partial charge on any atom is 0.242 e. The average molecular weight is 740 g/mol. The van der Waals surface area contributed by atoms with Gasteiger partial charge in [0, 0.05) is 26.1 Å². The van der Waals surface area contributed by atoms with Crippen LogP contribution in [0.2, 0.25) is 0 Å². The normalized spacial score (nSPS) is 13.7. The number of carbonyl (C=O) groups is 3.